The molecule has 1 fully saturated rings. The van der Waals surface area contributed by atoms with Gasteiger partial charge in [0.05, 0.1) is 21.3 Å². The zero-order valence-corrected chi connectivity index (χ0v) is 13.0. The van der Waals surface area contributed by atoms with Gasteiger partial charge in [-0.25, -0.2) is 13.6 Å². The van der Waals surface area contributed by atoms with Gasteiger partial charge in [0.2, 0.25) is 0 Å². The fourth-order valence-electron chi connectivity index (χ4n) is 2.09. The Balaban J connectivity index is 0.00000242. The summed E-state index contributed by atoms with van der Waals surface area (Å²) in [6.45, 7) is -0.999. The average Bonchev–Trinajstić information content (AvgIpc) is 2.48. The van der Waals surface area contributed by atoms with Crippen molar-refractivity contribution in [2.75, 3.05) is 27.9 Å². The molecule has 1 saturated heterocycles. The highest BCUT2D eigenvalue weighted by molar-refractivity contribution is 5.85. The number of rotatable bonds is 4. The Morgan fingerprint density at radius 3 is 2.23 bits per heavy atom. The molecule has 1 N–H and O–H groups in total. The Labute approximate surface area is 132 Å². The fraction of sp³-hybridized carbons (Fsp3) is 0.462. The standard InChI is InChI=1S/C13H15F2NO5.ClH/c1-18-8-5-10(20-3)9(19-2)4-7(8)11-13(14,15)6-21-12(17)16-11;/h4-5,11H,6H2,1-3H3,(H,16,17);1H/t11-;/m1./s1. The Bertz CT molecular complexity index is 555. The first-order valence-corrected chi connectivity index (χ1v) is 6.04. The average molecular weight is 340 g/mol. The molecule has 0 saturated carbocycles. The summed E-state index contributed by atoms with van der Waals surface area (Å²) in [6, 6.07) is 1.20. The number of carbonyl (C=O) groups excluding carboxylic acids is 1. The third kappa shape index (κ3) is 3.27. The number of halogens is 3. The molecule has 1 aliphatic heterocycles. The van der Waals surface area contributed by atoms with Crippen molar-refractivity contribution in [1.29, 1.82) is 0 Å². The molecule has 1 aromatic rings. The lowest BCUT2D eigenvalue weighted by Gasteiger charge is -2.32. The van der Waals surface area contributed by atoms with Gasteiger partial charge < -0.3 is 24.3 Å². The summed E-state index contributed by atoms with van der Waals surface area (Å²) >= 11 is 0. The SMILES string of the molecule is COc1cc(OC)c([C@H]2NC(=O)OCC2(F)F)cc1OC.Cl. The molecule has 1 amide bonds. The number of methoxy groups -OCH3 is 3. The lowest BCUT2D eigenvalue weighted by molar-refractivity contribution is -0.104. The summed E-state index contributed by atoms with van der Waals surface area (Å²) in [6.07, 6.45) is -0.914. The van der Waals surface area contributed by atoms with E-state index in [0.29, 0.717) is 5.75 Å². The number of benzene rings is 1. The third-order valence-corrected chi connectivity index (χ3v) is 3.13. The number of hydrogen-bond acceptors (Lipinski definition) is 5. The summed E-state index contributed by atoms with van der Waals surface area (Å²) in [5, 5.41) is 2.10. The van der Waals surface area contributed by atoms with Crippen molar-refractivity contribution in [3.63, 3.8) is 0 Å². The van der Waals surface area contributed by atoms with Gasteiger partial charge in [0.25, 0.3) is 0 Å². The van der Waals surface area contributed by atoms with Gasteiger partial charge in [0, 0.05) is 11.6 Å². The highest BCUT2D eigenvalue weighted by Gasteiger charge is 2.48. The van der Waals surface area contributed by atoms with E-state index in [0.717, 1.165) is 0 Å². The van der Waals surface area contributed by atoms with Crippen LogP contribution >= 0.6 is 12.4 Å². The Morgan fingerprint density at radius 1 is 1.14 bits per heavy atom. The monoisotopic (exact) mass is 339 g/mol. The number of alkyl carbamates (subject to hydrolysis) is 1. The van der Waals surface area contributed by atoms with Crippen molar-refractivity contribution >= 4 is 18.5 Å². The molecule has 0 bridgehead atoms. The van der Waals surface area contributed by atoms with Gasteiger partial charge in [-0.3, -0.25) is 0 Å². The molecule has 1 atom stereocenters. The van der Waals surface area contributed by atoms with E-state index >= 15 is 0 Å². The van der Waals surface area contributed by atoms with Crippen molar-refractivity contribution in [2.45, 2.75) is 12.0 Å². The number of ether oxygens (including phenoxy) is 4. The van der Waals surface area contributed by atoms with Gasteiger partial charge in [-0.05, 0) is 6.07 Å². The number of amides is 1. The van der Waals surface area contributed by atoms with E-state index in [2.05, 4.69) is 10.1 Å². The van der Waals surface area contributed by atoms with E-state index in [4.69, 9.17) is 14.2 Å². The van der Waals surface area contributed by atoms with Crippen LogP contribution in [0.4, 0.5) is 13.6 Å². The van der Waals surface area contributed by atoms with Crippen LogP contribution in [0.3, 0.4) is 0 Å². The van der Waals surface area contributed by atoms with E-state index in [1.54, 1.807) is 0 Å². The van der Waals surface area contributed by atoms with Gasteiger partial charge in [-0.1, -0.05) is 0 Å². The van der Waals surface area contributed by atoms with Gasteiger partial charge >= 0.3 is 12.0 Å². The molecule has 9 heteroatoms. The minimum absolute atomic E-state index is 0. The van der Waals surface area contributed by atoms with E-state index in [9.17, 15) is 13.6 Å². The second kappa shape index (κ2) is 6.87. The molecule has 1 heterocycles. The molecule has 0 spiro atoms. The van der Waals surface area contributed by atoms with Crippen molar-refractivity contribution in [3.05, 3.63) is 17.7 Å². The number of cyclic esters (lactones) is 1. The predicted molar refractivity (Wildman–Crippen MR) is 75.5 cm³/mol. The molecule has 124 valence electrons. The lowest BCUT2D eigenvalue weighted by atomic mass is 9.98. The summed E-state index contributed by atoms with van der Waals surface area (Å²) in [5.74, 6) is -2.54. The number of carbonyl (C=O) groups is 1. The number of hydrogen-bond donors (Lipinski definition) is 1. The van der Waals surface area contributed by atoms with Crippen LogP contribution in [0.2, 0.25) is 0 Å². The normalized spacial score (nSPS) is 19.3. The minimum atomic E-state index is -3.28. The Kier molecular flexibility index (Phi) is 5.65. The van der Waals surface area contributed by atoms with Gasteiger partial charge in [-0.15, -0.1) is 12.4 Å². The summed E-state index contributed by atoms with van der Waals surface area (Å²) in [4.78, 5) is 11.2. The molecule has 0 unspecified atom stereocenters. The van der Waals surface area contributed by atoms with Crippen molar-refractivity contribution in [2.24, 2.45) is 0 Å². The molecular formula is C13H16ClF2NO5. The first-order valence-electron chi connectivity index (χ1n) is 6.04. The maximum absolute atomic E-state index is 14.0. The zero-order valence-electron chi connectivity index (χ0n) is 12.1. The molecule has 6 nitrogen and oxygen atoms in total. The number of nitrogens with one attached hydrogen (secondary N) is 1. The van der Waals surface area contributed by atoms with Gasteiger partial charge in [0.15, 0.2) is 18.1 Å². The van der Waals surface area contributed by atoms with Gasteiger partial charge in [0.1, 0.15) is 11.8 Å². The topological polar surface area (TPSA) is 66.0 Å². The van der Waals surface area contributed by atoms with Crippen LogP contribution in [0.25, 0.3) is 0 Å². The Morgan fingerprint density at radius 2 is 1.68 bits per heavy atom. The van der Waals surface area contributed by atoms with Crippen LogP contribution in [-0.4, -0.2) is 40.0 Å². The van der Waals surface area contributed by atoms with Crippen molar-refractivity contribution in [1.82, 2.24) is 5.32 Å². The predicted octanol–water partition coefficient (Wildman–Crippen LogP) is 2.55. The van der Waals surface area contributed by atoms with E-state index in [-0.39, 0.29) is 29.5 Å². The maximum atomic E-state index is 14.0. The highest BCUT2D eigenvalue weighted by atomic mass is 35.5. The zero-order chi connectivity index (χ0) is 15.6. The summed E-state index contributed by atoms with van der Waals surface area (Å²) < 4.78 is 47.6. The summed E-state index contributed by atoms with van der Waals surface area (Å²) in [5.41, 5.74) is 0.0804. The van der Waals surface area contributed by atoms with Crippen LogP contribution < -0.4 is 19.5 Å². The molecule has 1 aliphatic rings. The van der Waals surface area contributed by atoms with Crippen LogP contribution in [0, 0.1) is 0 Å². The highest BCUT2D eigenvalue weighted by Crippen LogP contribution is 2.43. The molecule has 1 aromatic carbocycles. The molecule has 0 aliphatic carbocycles. The van der Waals surface area contributed by atoms with Crippen molar-refractivity contribution < 1.29 is 32.5 Å². The van der Waals surface area contributed by atoms with Crippen LogP contribution in [0.15, 0.2) is 12.1 Å². The quantitative estimate of drug-likeness (QED) is 0.913. The minimum Gasteiger partial charge on any atom is -0.496 e. The molecular weight excluding hydrogens is 324 g/mol. The first-order chi connectivity index (χ1) is 9.92. The molecule has 2 rings (SSSR count). The van der Waals surface area contributed by atoms with E-state index in [1.807, 2.05) is 0 Å². The van der Waals surface area contributed by atoms with Crippen LogP contribution in [0.5, 0.6) is 17.2 Å². The van der Waals surface area contributed by atoms with Crippen molar-refractivity contribution in [3.8, 4) is 17.2 Å². The van der Waals surface area contributed by atoms with Crippen LogP contribution in [0.1, 0.15) is 11.6 Å². The van der Waals surface area contributed by atoms with E-state index in [1.165, 1.54) is 33.5 Å². The Hall–Kier alpha value is -1.96. The second-order valence-corrected chi connectivity index (χ2v) is 4.36. The second-order valence-electron chi connectivity index (χ2n) is 4.36. The lowest BCUT2D eigenvalue weighted by Crippen LogP contribution is -2.49. The first kappa shape index (κ1) is 18.1. The molecule has 22 heavy (non-hydrogen) atoms. The largest absolute Gasteiger partial charge is 0.496 e. The fourth-order valence-corrected chi connectivity index (χ4v) is 2.09. The molecule has 0 aromatic heterocycles. The molecule has 0 radical (unpaired) electrons. The number of alkyl halides is 2. The van der Waals surface area contributed by atoms with E-state index < -0.39 is 24.7 Å². The maximum Gasteiger partial charge on any atom is 0.408 e. The summed E-state index contributed by atoms with van der Waals surface area (Å²) in [7, 11) is 4.14. The third-order valence-electron chi connectivity index (χ3n) is 3.13. The van der Waals surface area contributed by atoms with Gasteiger partial charge in [-0.2, -0.15) is 0 Å². The van der Waals surface area contributed by atoms with Crippen LogP contribution in [-0.2, 0) is 4.74 Å². The smallest absolute Gasteiger partial charge is 0.408 e.